The first kappa shape index (κ1) is 20.8. The molecular weight excluding hydrogens is 430 g/mol. The summed E-state index contributed by atoms with van der Waals surface area (Å²) >= 11 is 1.61. The number of benzene rings is 2. The fourth-order valence-electron chi connectivity index (χ4n) is 3.58. The molecule has 0 unspecified atom stereocenters. The largest absolute Gasteiger partial charge is 0.348 e. The molecule has 5 aromatic rings. The van der Waals surface area contributed by atoms with Crippen LogP contribution in [0.25, 0.3) is 27.6 Å². The van der Waals surface area contributed by atoms with Crippen molar-refractivity contribution < 1.29 is 4.79 Å². The second kappa shape index (κ2) is 9.18. The van der Waals surface area contributed by atoms with E-state index in [1.807, 2.05) is 61.5 Å². The summed E-state index contributed by atoms with van der Waals surface area (Å²) in [5.74, 6) is 0.515. The molecule has 1 amide bonds. The zero-order valence-corrected chi connectivity index (χ0v) is 18.8. The second-order valence-electron chi connectivity index (χ2n) is 7.53. The third-order valence-corrected chi connectivity index (χ3v) is 6.21. The Bertz CT molecular complexity index is 1390. The molecule has 0 saturated heterocycles. The zero-order chi connectivity index (χ0) is 22.6. The first-order valence-corrected chi connectivity index (χ1v) is 11.4. The SMILES string of the molecule is Cc1c(C(=O)NCc2cccc(-c3nc(-c4ccccc4)cs3)c2)cnn1-c1ccccn1. The van der Waals surface area contributed by atoms with Gasteiger partial charge in [-0.2, -0.15) is 5.10 Å². The van der Waals surface area contributed by atoms with E-state index in [9.17, 15) is 4.79 Å². The number of nitrogens with zero attached hydrogens (tertiary/aromatic N) is 4. The molecule has 0 saturated carbocycles. The van der Waals surface area contributed by atoms with Crippen molar-refractivity contribution >= 4 is 17.2 Å². The van der Waals surface area contributed by atoms with Gasteiger partial charge in [-0.3, -0.25) is 4.79 Å². The molecule has 2 aromatic carbocycles. The van der Waals surface area contributed by atoms with Gasteiger partial charge in [-0.15, -0.1) is 11.3 Å². The molecule has 0 aliphatic heterocycles. The lowest BCUT2D eigenvalue weighted by molar-refractivity contribution is 0.0950. The highest BCUT2D eigenvalue weighted by molar-refractivity contribution is 7.13. The van der Waals surface area contributed by atoms with Crippen LogP contribution in [0, 0.1) is 6.92 Å². The third-order valence-electron chi connectivity index (χ3n) is 5.32. The maximum atomic E-state index is 12.8. The van der Waals surface area contributed by atoms with Gasteiger partial charge in [0, 0.05) is 29.2 Å². The van der Waals surface area contributed by atoms with Gasteiger partial charge in [-0.05, 0) is 30.7 Å². The van der Waals surface area contributed by atoms with Crippen LogP contribution >= 0.6 is 11.3 Å². The highest BCUT2D eigenvalue weighted by atomic mass is 32.1. The summed E-state index contributed by atoms with van der Waals surface area (Å²) in [4.78, 5) is 21.9. The maximum Gasteiger partial charge on any atom is 0.255 e. The molecule has 0 spiro atoms. The Labute approximate surface area is 195 Å². The lowest BCUT2D eigenvalue weighted by atomic mass is 10.1. The molecule has 0 aliphatic carbocycles. The Balaban J connectivity index is 1.29. The molecule has 0 atom stereocenters. The topological polar surface area (TPSA) is 72.7 Å². The molecule has 0 aliphatic rings. The van der Waals surface area contributed by atoms with Crippen LogP contribution in [0.4, 0.5) is 0 Å². The number of carbonyl (C=O) groups excluding carboxylic acids is 1. The highest BCUT2D eigenvalue weighted by Gasteiger charge is 2.15. The number of pyridine rings is 1. The van der Waals surface area contributed by atoms with Gasteiger partial charge in [0.15, 0.2) is 5.82 Å². The van der Waals surface area contributed by atoms with Gasteiger partial charge >= 0.3 is 0 Å². The maximum absolute atomic E-state index is 12.8. The van der Waals surface area contributed by atoms with E-state index >= 15 is 0 Å². The number of hydrogen-bond acceptors (Lipinski definition) is 5. The Morgan fingerprint density at radius 2 is 1.82 bits per heavy atom. The number of hydrogen-bond donors (Lipinski definition) is 1. The summed E-state index contributed by atoms with van der Waals surface area (Å²) in [7, 11) is 0. The van der Waals surface area contributed by atoms with Crippen molar-refractivity contribution in [3.8, 4) is 27.6 Å². The first-order valence-electron chi connectivity index (χ1n) is 10.5. The minimum Gasteiger partial charge on any atom is -0.348 e. The van der Waals surface area contributed by atoms with Crippen LogP contribution in [-0.2, 0) is 6.54 Å². The molecule has 0 fully saturated rings. The summed E-state index contributed by atoms with van der Waals surface area (Å²) < 4.78 is 1.67. The van der Waals surface area contributed by atoms with E-state index in [1.54, 1.807) is 28.4 Å². The summed E-state index contributed by atoms with van der Waals surface area (Å²) in [5.41, 5.74) is 5.39. The molecular formula is C26H21N5OS. The van der Waals surface area contributed by atoms with Crippen LogP contribution in [-0.4, -0.2) is 25.7 Å². The minimum atomic E-state index is -0.166. The molecule has 33 heavy (non-hydrogen) atoms. The van der Waals surface area contributed by atoms with Crippen LogP contribution in [0.2, 0.25) is 0 Å². The summed E-state index contributed by atoms with van der Waals surface area (Å²) in [5, 5.41) is 10.4. The second-order valence-corrected chi connectivity index (χ2v) is 8.39. The molecule has 3 aromatic heterocycles. The van der Waals surface area contributed by atoms with Crippen molar-refractivity contribution in [1.82, 2.24) is 25.1 Å². The van der Waals surface area contributed by atoms with Crippen molar-refractivity contribution in [2.45, 2.75) is 13.5 Å². The fourth-order valence-corrected chi connectivity index (χ4v) is 4.41. The number of carbonyl (C=O) groups is 1. The van der Waals surface area contributed by atoms with Gasteiger partial charge < -0.3 is 5.32 Å². The molecule has 5 rings (SSSR count). The van der Waals surface area contributed by atoms with E-state index in [1.165, 1.54) is 0 Å². The fraction of sp³-hybridized carbons (Fsp3) is 0.0769. The van der Waals surface area contributed by atoms with Crippen molar-refractivity contribution in [3.05, 3.63) is 107 Å². The molecule has 0 bridgehead atoms. The average molecular weight is 452 g/mol. The molecule has 1 N–H and O–H groups in total. The summed E-state index contributed by atoms with van der Waals surface area (Å²) in [6, 6.07) is 23.8. The van der Waals surface area contributed by atoms with E-state index in [4.69, 9.17) is 4.98 Å². The van der Waals surface area contributed by atoms with Crippen molar-refractivity contribution in [1.29, 1.82) is 0 Å². The monoisotopic (exact) mass is 451 g/mol. The lowest BCUT2D eigenvalue weighted by Crippen LogP contribution is -2.23. The van der Waals surface area contributed by atoms with E-state index < -0.39 is 0 Å². The number of aromatic nitrogens is 4. The Kier molecular flexibility index (Phi) is 5.78. The van der Waals surface area contributed by atoms with Crippen LogP contribution in [0.5, 0.6) is 0 Å². The molecule has 7 heteroatoms. The number of amides is 1. The first-order chi connectivity index (χ1) is 16.2. The van der Waals surface area contributed by atoms with Gasteiger partial charge in [0.2, 0.25) is 0 Å². The van der Waals surface area contributed by atoms with Crippen LogP contribution < -0.4 is 5.32 Å². The van der Waals surface area contributed by atoms with E-state index in [2.05, 4.69) is 39.0 Å². The van der Waals surface area contributed by atoms with Gasteiger partial charge in [0.05, 0.1) is 23.1 Å². The van der Waals surface area contributed by atoms with Gasteiger partial charge in [0.25, 0.3) is 5.91 Å². The number of thiazole rings is 1. The smallest absolute Gasteiger partial charge is 0.255 e. The van der Waals surface area contributed by atoms with E-state index in [0.717, 1.165) is 33.1 Å². The number of rotatable bonds is 6. The molecule has 3 heterocycles. The standard InChI is InChI=1S/C26H21N5OS/c1-18-22(16-29-31(18)24-12-5-6-13-27-24)25(32)28-15-19-8-7-11-21(14-19)26-30-23(17-33-26)20-9-3-2-4-10-20/h2-14,16-17H,15H2,1H3,(H,28,32). The normalized spacial score (nSPS) is 10.8. The third kappa shape index (κ3) is 4.44. The quantitative estimate of drug-likeness (QED) is 0.380. The summed E-state index contributed by atoms with van der Waals surface area (Å²) in [6.07, 6.45) is 3.28. The van der Waals surface area contributed by atoms with Gasteiger partial charge in [0.1, 0.15) is 5.01 Å². The summed E-state index contributed by atoms with van der Waals surface area (Å²) in [6.45, 7) is 2.28. The van der Waals surface area contributed by atoms with E-state index in [-0.39, 0.29) is 5.91 Å². The van der Waals surface area contributed by atoms with Crippen LogP contribution in [0.15, 0.2) is 90.6 Å². The van der Waals surface area contributed by atoms with Crippen molar-refractivity contribution in [3.63, 3.8) is 0 Å². The van der Waals surface area contributed by atoms with Crippen molar-refractivity contribution in [2.75, 3.05) is 0 Å². The predicted octanol–water partition coefficient (Wildman–Crippen LogP) is 5.30. The minimum absolute atomic E-state index is 0.166. The molecule has 162 valence electrons. The predicted molar refractivity (Wildman–Crippen MR) is 130 cm³/mol. The van der Waals surface area contributed by atoms with Gasteiger partial charge in [-0.25, -0.2) is 14.6 Å². The molecule has 0 radical (unpaired) electrons. The lowest BCUT2D eigenvalue weighted by Gasteiger charge is -2.07. The van der Waals surface area contributed by atoms with Crippen molar-refractivity contribution in [2.24, 2.45) is 0 Å². The Hall–Kier alpha value is -4.10. The highest BCUT2D eigenvalue weighted by Crippen LogP contribution is 2.29. The van der Waals surface area contributed by atoms with Gasteiger partial charge in [-0.1, -0.05) is 54.6 Å². The number of nitrogens with one attached hydrogen (secondary N) is 1. The Morgan fingerprint density at radius 3 is 2.64 bits per heavy atom. The average Bonchev–Trinajstić information content (AvgIpc) is 3.51. The van der Waals surface area contributed by atoms with Crippen LogP contribution in [0.1, 0.15) is 21.6 Å². The van der Waals surface area contributed by atoms with E-state index in [0.29, 0.717) is 17.9 Å². The molecule has 6 nitrogen and oxygen atoms in total. The zero-order valence-electron chi connectivity index (χ0n) is 18.0. The van der Waals surface area contributed by atoms with Crippen LogP contribution in [0.3, 0.4) is 0 Å². The Morgan fingerprint density at radius 1 is 1.00 bits per heavy atom.